The highest BCUT2D eigenvalue weighted by molar-refractivity contribution is 5.47. The Bertz CT molecular complexity index is 791. The first-order chi connectivity index (χ1) is 18.9. The standard InChI is InChI=1S/C40H72/c1-13-16-18-19-23-36(22-17-14-2)39(31(6)7)35(11)28-37-29-40(12,25-20-21-33(9)38(37)15-3)26-24-32(8)34(10)27-30(4)5/h20-21,30,32-34,37-38H,6,11,13-19,22-29H2,1-5,7-10,12H3. The van der Waals surface area contributed by atoms with E-state index in [1.165, 1.54) is 107 Å². The minimum atomic E-state index is 0.374. The smallest absolute Gasteiger partial charge is 0.0215 e. The van der Waals surface area contributed by atoms with Gasteiger partial charge in [-0.1, -0.05) is 131 Å². The Hall–Kier alpha value is -1.04. The molecule has 0 N–H and O–H groups in total. The average Bonchev–Trinajstić information content (AvgIpc) is 2.87. The molecular formula is C40H72. The quantitative estimate of drug-likeness (QED) is 0.0849. The van der Waals surface area contributed by atoms with Crippen molar-refractivity contribution < 1.29 is 0 Å². The number of hydrogen-bond donors (Lipinski definition) is 0. The van der Waals surface area contributed by atoms with E-state index >= 15 is 0 Å². The fraction of sp³-hybridized carbons (Fsp3) is 0.800. The molecule has 1 rings (SSSR count). The Kier molecular flexibility index (Phi) is 17.8. The molecule has 0 saturated heterocycles. The van der Waals surface area contributed by atoms with Gasteiger partial charge in [0.15, 0.2) is 0 Å². The van der Waals surface area contributed by atoms with Crippen molar-refractivity contribution in [3.63, 3.8) is 0 Å². The summed E-state index contributed by atoms with van der Waals surface area (Å²) in [5.74, 6) is 4.46. The Balaban J connectivity index is 3.24. The second-order valence-corrected chi connectivity index (χ2v) is 14.9. The lowest BCUT2D eigenvalue weighted by Gasteiger charge is -2.41. The van der Waals surface area contributed by atoms with Crippen molar-refractivity contribution in [2.24, 2.45) is 40.9 Å². The first-order valence-corrected chi connectivity index (χ1v) is 17.6. The second-order valence-electron chi connectivity index (χ2n) is 14.9. The average molecular weight is 553 g/mol. The maximum absolute atomic E-state index is 4.83. The van der Waals surface area contributed by atoms with E-state index in [9.17, 15) is 0 Å². The summed E-state index contributed by atoms with van der Waals surface area (Å²) >= 11 is 0. The van der Waals surface area contributed by atoms with E-state index in [1.54, 1.807) is 5.57 Å². The number of hydrogen-bond acceptors (Lipinski definition) is 0. The highest BCUT2D eigenvalue weighted by atomic mass is 14.4. The monoisotopic (exact) mass is 553 g/mol. The summed E-state index contributed by atoms with van der Waals surface area (Å²) in [6.07, 6.45) is 24.4. The van der Waals surface area contributed by atoms with Crippen LogP contribution in [0, 0.1) is 40.9 Å². The fourth-order valence-corrected chi connectivity index (χ4v) is 7.78. The molecule has 40 heavy (non-hydrogen) atoms. The molecule has 0 fully saturated rings. The van der Waals surface area contributed by atoms with E-state index in [0.29, 0.717) is 17.3 Å². The van der Waals surface area contributed by atoms with Crippen LogP contribution in [0.15, 0.2) is 47.6 Å². The molecule has 6 atom stereocenters. The first-order valence-electron chi connectivity index (χ1n) is 17.6. The highest BCUT2D eigenvalue weighted by Gasteiger charge is 2.35. The van der Waals surface area contributed by atoms with Gasteiger partial charge < -0.3 is 0 Å². The molecule has 0 radical (unpaired) electrons. The van der Waals surface area contributed by atoms with Crippen LogP contribution in [0.4, 0.5) is 0 Å². The molecule has 0 aromatic heterocycles. The van der Waals surface area contributed by atoms with Crippen molar-refractivity contribution in [2.75, 3.05) is 0 Å². The summed E-state index contributed by atoms with van der Waals surface area (Å²) < 4.78 is 0. The van der Waals surface area contributed by atoms with E-state index < -0.39 is 0 Å². The summed E-state index contributed by atoms with van der Waals surface area (Å²) in [6.45, 7) is 33.5. The zero-order valence-corrected chi connectivity index (χ0v) is 29.1. The largest absolute Gasteiger partial charge is 0.0955 e. The Labute approximate surface area is 253 Å². The molecule has 0 nitrogen and oxygen atoms in total. The van der Waals surface area contributed by atoms with Gasteiger partial charge >= 0.3 is 0 Å². The molecule has 6 unspecified atom stereocenters. The molecule has 0 aromatic carbocycles. The summed E-state index contributed by atoms with van der Waals surface area (Å²) in [5, 5.41) is 0. The van der Waals surface area contributed by atoms with Gasteiger partial charge in [0.1, 0.15) is 0 Å². The molecule has 0 spiro atoms. The minimum Gasteiger partial charge on any atom is -0.0955 e. The van der Waals surface area contributed by atoms with Gasteiger partial charge in [-0.3, -0.25) is 0 Å². The first kappa shape index (κ1) is 37.0. The summed E-state index contributed by atoms with van der Waals surface area (Å²) in [4.78, 5) is 0. The maximum Gasteiger partial charge on any atom is -0.0215 e. The van der Waals surface area contributed by atoms with Crippen LogP contribution < -0.4 is 0 Å². The van der Waals surface area contributed by atoms with Crippen LogP contribution in [0.2, 0.25) is 0 Å². The number of rotatable bonds is 19. The summed E-state index contributed by atoms with van der Waals surface area (Å²) in [5.41, 5.74) is 6.12. The highest BCUT2D eigenvalue weighted by Crippen LogP contribution is 2.47. The molecular weight excluding hydrogens is 480 g/mol. The van der Waals surface area contributed by atoms with Gasteiger partial charge in [-0.05, 0) is 123 Å². The lowest BCUT2D eigenvalue weighted by atomic mass is 9.64. The van der Waals surface area contributed by atoms with Crippen molar-refractivity contribution in [1.82, 2.24) is 0 Å². The van der Waals surface area contributed by atoms with E-state index in [-0.39, 0.29) is 0 Å². The van der Waals surface area contributed by atoms with Crippen LogP contribution in [0.5, 0.6) is 0 Å². The normalized spacial score (nSPS) is 25.7. The van der Waals surface area contributed by atoms with Crippen LogP contribution in [-0.2, 0) is 0 Å². The molecule has 0 heterocycles. The third-order valence-corrected chi connectivity index (χ3v) is 10.4. The SMILES string of the molecule is C=C(C)C(C(=C)CC1CC(C)(CCC(C)C(C)CC(C)C)CC=CC(C)C1CC)=C(CCCC)CCCCCC. The molecule has 0 saturated carbocycles. The number of allylic oxidation sites excluding steroid dienone is 6. The van der Waals surface area contributed by atoms with Gasteiger partial charge in [-0.15, -0.1) is 0 Å². The van der Waals surface area contributed by atoms with Crippen LogP contribution in [0.3, 0.4) is 0 Å². The van der Waals surface area contributed by atoms with E-state index in [0.717, 1.165) is 30.1 Å². The van der Waals surface area contributed by atoms with Gasteiger partial charge in [0.25, 0.3) is 0 Å². The van der Waals surface area contributed by atoms with Crippen molar-refractivity contribution in [3.8, 4) is 0 Å². The number of unbranched alkanes of at least 4 members (excludes halogenated alkanes) is 4. The molecule has 0 amide bonds. The molecule has 0 heteroatoms. The van der Waals surface area contributed by atoms with E-state index in [2.05, 4.69) is 88.0 Å². The van der Waals surface area contributed by atoms with Crippen molar-refractivity contribution >= 4 is 0 Å². The molecule has 232 valence electrons. The molecule has 1 aliphatic carbocycles. The Morgan fingerprint density at radius 1 is 0.925 bits per heavy atom. The van der Waals surface area contributed by atoms with E-state index in [4.69, 9.17) is 6.58 Å². The molecule has 0 aliphatic heterocycles. The van der Waals surface area contributed by atoms with Gasteiger partial charge in [0, 0.05) is 0 Å². The minimum absolute atomic E-state index is 0.374. The fourth-order valence-electron chi connectivity index (χ4n) is 7.78. The predicted molar refractivity (Wildman–Crippen MR) is 184 cm³/mol. The molecule has 1 aliphatic rings. The Morgan fingerprint density at radius 3 is 2.15 bits per heavy atom. The zero-order chi connectivity index (χ0) is 30.3. The molecule has 0 aromatic rings. The van der Waals surface area contributed by atoms with E-state index in [1.807, 2.05) is 0 Å². The predicted octanol–water partition coefficient (Wildman–Crippen LogP) is 13.7. The lowest BCUT2D eigenvalue weighted by molar-refractivity contribution is 0.134. The lowest BCUT2D eigenvalue weighted by Crippen LogP contribution is -2.30. The van der Waals surface area contributed by atoms with Gasteiger partial charge in [0.05, 0.1) is 0 Å². The summed E-state index contributed by atoms with van der Waals surface area (Å²) in [6, 6.07) is 0. The molecule has 0 bridgehead atoms. The van der Waals surface area contributed by atoms with Crippen LogP contribution in [0.1, 0.15) is 166 Å². The topological polar surface area (TPSA) is 0 Å². The van der Waals surface area contributed by atoms with Gasteiger partial charge in [0.2, 0.25) is 0 Å². The third kappa shape index (κ3) is 12.9. The van der Waals surface area contributed by atoms with Crippen LogP contribution >= 0.6 is 0 Å². The maximum atomic E-state index is 4.83. The third-order valence-electron chi connectivity index (χ3n) is 10.4. The Morgan fingerprint density at radius 2 is 1.57 bits per heavy atom. The second kappa shape index (κ2) is 19.2. The van der Waals surface area contributed by atoms with Gasteiger partial charge in [-0.25, -0.2) is 0 Å². The van der Waals surface area contributed by atoms with Crippen LogP contribution in [0.25, 0.3) is 0 Å². The van der Waals surface area contributed by atoms with Crippen molar-refractivity contribution in [1.29, 1.82) is 0 Å². The van der Waals surface area contributed by atoms with Crippen molar-refractivity contribution in [2.45, 2.75) is 166 Å². The summed E-state index contributed by atoms with van der Waals surface area (Å²) in [7, 11) is 0. The van der Waals surface area contributed by atoms with Crippen LogP contribution in [-0.4, -0.2) is 0 Å². The van der Waals surface area contributed by atoms with Crippen molar-refractivity contribution in [3.05, 3.63) is 47.6 Å². The zero-order valence-electron chi connectivity index (χ0n) is 29.1. The van der Waals surface area contributed by atoms with Gasteiger partial charge in [-0.2, -0.15) is 0 Å².